The Balaban J connectivity index is 1.63. The number of ketones is 1. The Morgan fingerprint density at radius 2 is 1.74 bits per heavy atom. The third kappa shape index (κ3) is 5.13. The molecular weight excluding hydrogens is 452 g/mol. The summed E-state index contributed by atoms with van der Waals surface area (Å²) in [7, 11) is -2.46. The number of carbonyl (C=O) groups excluding carboxylic acids is 3. The van der Waals surface area contributed by atoms with Gasteiger partial charge in [0.15, 0.2) is 19.7 Å². The van der Waals surface area contributed by atoms with Crippen LogP contribution in [0.1, 0.15) is 51.1 Å². The van der Waals surface area contributed by atoms with Crippen LogP contribution in [0.5, 0.6) is 0 Å². The van der Waals surface area contributed by atoms with Gasteiger partial charge in [0.2, 0.25) is 5.76 Å². The number of Topliss-reactive ketones (excluding diaryl/α,β-unsaturated/α-hetero) is 1. The van der Waals surface area contributed by atoms with Crippen LogP contribution in [0.4, 0.5) is 0 Å². The molecule has 1 heterocycles. The Bertz CT molecular complexity index is 1060. The number of nitrogens with zero attached hydrogens (tertiary/aromatic N) is 1. The number of amides is 2. The van der Waals surface area contributed by atoms with Gasteiger partial charge in [-0.05, 0) is 37.9 Å². The monoisotopic (exact) mass is 486 g/mol. The fraction of sp³-hybridized carbons (Fsp3) is 0.500. The van der Waals surface area contributed by atoms with E-state index in [4.69, 9.17) is 14.8 Å². The molecule has 0 saturated heterocycles. The first-order chi connectivity index (χ1) is 15.8. The standard InChI is InChI=1S/C24H34N4O5Si/c1-23(2,3)34(5,6)33-24(4,22(31)27-25)20(29)16-12-17(13-16)26-21(30)19-14-18(28-32-19)15-10-8-7-9-11-15/h7-11,14,16-17H,12-13,25H2,1-6H3,(H,26,30)(H,27,31)/t16-,17-,24-/m1/s1. The lowest BCUT2D eigenvalue weighted by Crippen LogP contribution is -2.63. The summed E-state index contributed by atoms with van der Waals surface area (Å²) in [5, 5.41) is 6.63. The second-order valence-electron chi connectivity index (χ2n) is 10.5. The minimum atomic E-state index is -2.46. The van der Waals surface area contributed by atoms with Crippen LogP contribution in [0.15, 0.2) is 40.9 Å². The Hall–Kier alpha value is -2.82. The van der Waals surface area contributed by atoms with Crippen LogP contribution in [0.2, 0.25) is 18.1 Å². The first-order valence-electron chi connectivity index (χ1n) is 11.4. The van der Waals surface area contributed by atoms with Gasteiger partial charge in [0, 0.05) is 23.6 Å². The van der Waals surface area contributed by atoms with Crippen molar-refractivity contribution >= 4 is 25.9 Å². The number of hydrogen-bond acceptors (Lipinski definition) is 7. The third-order valence-corrected chi connectivity index (χ3v) is 11.5. The van der Waals surface area contributed by atoms with E-state index in [2.05, 4.69) is 15.9 Å². The van der Waals surface area contributed by atoms with Crippen LogP contribution in [-0.2, 0) is 14.0 Å². The normalized spacial score (nSPS) is 20.1. The molecule has 1 aromatic heterocycles. The molecule has 184 valence electrons. The lowest BCUT2D eigenvalue weighted by Gasteiger charge is -2.45. The topological polar surface area (TPSA) is 137 Å². The molecular formula is C24H34N4O5Si. The molecule has 9 nitrogen and oxygen atoms in total. The molecule has 0 aliphatic heterocycles. The Labute approximate surface area is 200 Å². The van der Waals surface area contributed by atoms with Gasteiger partial charge < -0.3 is 14.3 Å². The quantitative estimate of drug-likeness (QED) is 0.171. The van der Waals surface area contributed by atoms with Gasteiger partial charge in [-0.15, -0.1) is 0 Å². The maximum atomic E-state index is 13.4. The molecule has 2 amide bonds. The lowest BCUT2D eigenvalue weighted by atomic mass is 9.73. The molecule has 1 aliphatic rings. The van der Waals surface area contributed by atoms with E-state index in [0.717, 1.165) is 5.56 Å². The zero-order chi connectivity index (χ0) is 25.3. The number of nitrogens with two attached hydrogens (primary N) is 1. The van der Waals surface area contributed by atoms with Crippen molar-refractivity contribution in [2.24, 2.45) is 11.8 Å². The van der Waals surface area contributed by atoms with Gasteiger partial charge >= 0.3 is 0 Å². The van der Waals surface area contributed by atoms with Crippen molar-refractivity contribution in [3.05, 3.63) is 42.2 Å². The number of carbonyl (C=O) groups is 3. The van der Waals surface area contributed by atoms with Crippen LogP contribution in [0.25, 0.3) is 11.3 Å². The molecule has 0 radical (unpaired) electrons. The van der Waals surface area contributed by atoms with Crippen molar-refractivity contribution in [2.75, 3.05) is 0 Å². The maximum Gasteiger partial charge on any atom is 0.290 e. The molecule has 3 rings (SSSR count). The van der Waals surface area contributed by atoms with E-state index in [1.807, 2.05) is 64.2 Å². The van der Waals surface area contributed by atoms with Gasteiger partial charge in [0.25, 0.3) is 11.8 Å². The van der Waals surface area contributed by atoms with Gasteiger partial charge in [-0.1, -0.05) is 56.3 Å². The molecule has 34 heavy (non-hydrogen) atoms. The Kier molecular flexibility index (Phi) is 7.16. The highest BCUT2D eigenvalue weighted by atomic mass is 28.4. The number of nitrogens with one attached hydrogen (secondary N) is 2. The fourth-order valence-corrected chi connectivity index (χ4v) is 5.25. The molecule has 1 atom stereocenters. The van der Waals surface area contributed by atoms with E-state index in [1.54, 1.807) is 6.07 Å². The van der Waals surface area contributed by atoms with Crippen molar-refractivity contribution in [1.29, 1.82) is 0 Å². The zero-order valence-corrected chi connectivity index (χ0v) is 21.6. The van der Waals surface area contributed by atoms with E-state index < -0.39 is 31.7 Å². The minimum absolute atomic E-state index is 0.0993. The molecule has 1 saturated carbocycles. The number of benzene rings is 1. The largest absolute Gasteiger partial charge is 0.397 e. The van der Waals surface area contributed by atoms with Crippen molar-refractivity contribution < 1.29 is 23.3 Å². The summed E-state index contributed by atoms with van der Waals surface area (Å²) in [4.78, 5) is 38.6. The Morgan fingerprint density at radius 1 is 1.12 bits per heavy atom. The molecule has 2 aromatic rings. The second kappa shape index (κ2) is 9.44. The molecule has 1 fully saturated rings. The fourth-order valence-electron chi connectivity index (χ4n) is 3.73. The highest BCUT2D eigenvalue weighted by molar-refractivity contribution is 6.74. The van der Waals surface area contributed by atoms with Gasteiger partial charge in [-0.3, -0.25) is 19.8 Å². The lowest BCUT2D eigenvalue weighted by molar-refractivity contribution is -0.153. The number of aromatic nitrogens is 1. The van der Waals surface area contributed by atoms with Gasteiger partial charge in [-0.2, -0.15) is 0 Å². The predicted octanol–water partition coefficient (Wildman–Crippen LogP) is 3.19. The van der Waals surface area contributed by atoms with E-state index in [0.29, 0.717) is 18.5 Å². The highest BCUT2D eigenvalue weighted by Crippen LogP contribution is 2.41. The van der Waals surface area contributed by atoms with Gasteiger partial charge in [0.1, 0.15) is 5.69 Å². The summed E-state index contributed by atoms with van der Waals surface area (Å²) in [6.45, 7) is 11.5. The highest BCUT2D eigenvalue weighted by Gasteiger charge is 2.53. The van der Waals surface area contributed by atoms with Crippen LogP contribution in [0.3, 0.4) is 0 Å². The summed E-state index contributed by atoms with van der Waals surface area (Å²) in [5.41, 5.74) is 1.82. The minimum Gasteiger partial charge on any atom is -0.397 e. The molecule has 0 spiro atoms. The molecule has 0 bridgehead atoms. The summed E-state index contributed by atoms with van der Waals surface area (Å²) in [5.74, 6) is 3.69. The van der Waals surface area contributed by atoms with Gasteiger partial charge in [-0.25, -0.2) is 5.84 Å². The number of hydrazine groups is 1. The Morgan fingerprint density at radius 3 is 2.29 bits per heavy atom. The van der Waals surface area contributed by atoms with Crippen LogP contribution < -0.4 is 16.6 Å². The molecule has 10 heteroatoms. The van der Waals surface area contributed by atoms with Crippen molar-refractivity contribution in [3.8, 4) is 11.3 Å². The summed E-state index contributed by atoms with van der Waals surface area (Å²) >= 11 is 0. The number of rotatable bonds is 8. The smallest absolute Gasteiger partial charge is 0.290 e. The van der Waals surface area contributed by atoms with E-state index in [1.165, 1.54) is 6.92 Å². The summed E-state index contributed by atoms with van der Waals surface area (Å²) < 4.78 is 11.5. The van der Waals surface area contributed by atoms with Gasteiger partial charge in [0.05, 0.1) is 0 Å². The molecule has 1 aromatic carbocycles. The first-order valence-corrected chi connectivity index (χ1v) is 14.3. The molecule has 4 N–H and O–H groups in total. The third-order valence-electron chi connectivity index (χ3n) is 6.95. The van der Waals surface area contributed by atoms with Crippen LogP contribution >= 0.6 is 0 Å². The second-order valence-corrected chi connectivity index (χ2v) is 15.2. The number of hydrogen-bond donors (Lipinski definition) is 3. The molecule has 1 aliphatic carbocycles. The molecule has 0 unspecified atom stereocenters. The van der Waals surface area contributed by atoms with Crippen molar-refractivity contribution in [3.63, 3.8) is 0 Å². The van der Waals surface area contributed by atoms with E-state index >= 15 is 0 Å². The van der Waals surface area contributed by atoms with Crippen LogP contribution in [0, 0.1) is 5.92 Å². The maximum absolute atomic E-state index is 13.4. The first kappa shape index (κ1) is 25.8. The van der Waals surface area contributed by atoms with E-state index in [9.17, 15) is 14.4 Å². The van der Waals surface area contributed by atoms with Crippen molar-refractivity contribution in [1.82, 2.24) is 15.9 Å². The SMILES string of the molecule is CC(C)(C)[Si](C)(C)O[C@@](C)(C(=O)NN)C(=O)[C@H]1C[C@H](NC(=O)c2cc(-c3ccccc3)no2)C1. The van der Waals surface area contributed by atoms with Crippen LogP contribution in [-0.4, -0.2) is 42.7 Å². The summed E-state index contributed by atoms with van der Waals surface area (Å²) in [6, 6.07) is 10.8. The van der Waals surface area contributed by atoms with E-state index in [-0.39, 0.29) is 22.6 Å². The average molecular weight is 487 g/mol. The average Bonchev–Trinajstić information content (AvgIpc) is 3.24. The predicted molar refractivity (Wildman–Crippen MR) is 130 cm³/mol. The summed E-state index contributed by atoms with van der Waals surface area (Å²) in [6.07, 6.45) is 0.803. The zero-order valence-electron chi connectivity index (χ0n) is 20.6. The van der Waals surface area contributed by atoms with Crippen molar-refractivity contribution in [2.45, 2.75) is 70.3 Å².